The summed E-state index contributed by atoms with van der Waals surface area (Å²) in [5, 5.41) is 0. The van der Waals surface area contributed by atoms with Crippen LogP contribution in [-0.4, -0.2) is 47.8 Å². The first-order valence-corrected chi connectivity index (χ1v) is 7.82. The van der Waals surface area contributed by atoms with Crippen LogP contribution in [0, 0.1) is 0 Å². The minimum atomic E-state index is -0.214. The van der Waals surface area contributed by atoms with Crippen LogP contribution in [-0.2, 0) is 16.0 Å². The molecule has 0 aliphatic carbocycles. The summed E-state index contributed by atoms with van der Waals surface area (Å²) in [5.74, 6) is -0.179. The Kier molecular flexibility index (Phi) is 5.75. The van der Waals surface area contributed by atoms with E-state index in [0.29, 0.717) is 6.04 Å². The number of rotatable bonds is 6. The number of likely N-dealkylation sites (N-methyl/N-ethyl adjacent to an activating group) is 1. The second kappa shape index (κ2) is 7.78. The Bertz CT molecular complexity index is 527. The molecule has 1 aliphatic rings. The molecule has 4 heteroatoms. The molecule has 4 nitrogen and oxygen atoms in total. The van der Waals surface area contributed by atoms with Crippen molar-refractivity contribution in [3.05, 3.63) is 48.6 Å². The first kappa shape index (κ1) is 16.3. The molecule has 1 saturated heterocycles. The molecule has 1 aromatic rings. The second-order valence-corrected chi connectivity index (χ2v) is 5.81. The van der Waals surface area contributed by atoms with Gasteiger partial charge in [0.2, 0.25) is 11.8 Å². The molecule has 0 aromatic heterocycles. The zero-order chi connectivity index (χ0) is 15.9. The average molecular weight is 300 g/mol. The number of hydrogen-bond donors (Lipinski definition) is 0. The largest absolute Gasteiger partial charge is 0.338 e. The fourth-order valence-electron chi connectivity index (χ4n) is 2.97. The standard InChI is InChI=1S/C18H24N2O2/c1-3-17(21)19(2)14-18(22)20-13-7-10-16(20)12-11-15-8-5-4-6-9-15/h3-6,8-9,16H,1,7,10-14H2,2H3. The quantitative estimate of drug-likeness (QED) is 0.756. The highest BCUT2D eigenvalue weighted by atomic mass is 16.2. The van der Waals surface area contributed by atoms with Crippen molar-refractivity contribution in [2.75, 3.05) is 20.1 Å². The van der Waals surface area contributed by atoms with Crippen molar-refractivity contribution in [1.82, 2.24) is 9.80 Å². The van der Waals surface area contributed by atoms with Gasteiger partial charge in [-0.3, -0.25) is 9.59 Å². The summed E-state index contributed by atoms with van der Waals surface area (Å²) in [6.45, 7) is 4.38. The maximum Gasteiger partial charge on any atom is 0.246 e. The number of aryl methyl sites for hydroxylation is 1. The lowest BCUT2D eigenvalue weighted by atomic mass is 10.0. The van der Waals surface area contributed by atoms with Crippen LogP contribution < -0.4 is 0 Å². The predicted octanol–water partition coefficient (Wildman–Crippen LogP) is 2.25. The van der Waals surface area contributed by atoms with E-state index in [0.717, 1.165) is 32.2 Å². The number of hydrogen-bond acceptors (Lipinski definition) is 2. The van der Waals surface area contributed by atoms with Crippen LogP contribution in [0.2, 0.25) is 0 Å². The topological polar surface area (TPSA) is 40.6 Å². The van der Waals surface area contributed by atoms with Gasteiger partial charge >= 0.3 is 0 Å². The number of carbonyl (C=O) groups excluding carboxylic acids is 2. The summed E-state index contributed by atoms with van der Waals surface area (Å²) < 4.78 is 0. The van der Waals surface area contributed by atoms with Crippen LogP contribution in [0.15, 0.2) is 43.0 Å². The Balaban J connectivity index is 1.88. The molecule has 1 fully saturated rings. The summed E-state index contributed by atoms with van der Waals surface area (Å²) in [6, 6.07) is 10.6. The Hall–Kier alpha value is -2.10. The summed E-state index contributed by atoms with van der Waals surface area (Å²) in [5.41, 5.74) is 1.31. The molecule has 2 rings (SSSR count). The van der Waals surface area contributed by atoms with Gasteiger partial charge in [0.05, 0.1) is 6.54 Å². The summed E-state index contributed by atoms with van der Waals surface area (Å²) in [7, 11) is 1.64. The van der Waals surface area contributed by atoms with Crippen LogP contribution in [0.4, 0.5) is 0 Å². The molecule has 2 amide bonds. The third-order valence-electron chi connectivity index (χ3n) is 4.23. The van der Waals surface area contributed by atoms with Gasteiger partial charge in [0.15, 0.2) is 0 Å². The van der Waals surface area contributed by atoms with Gasteiger partial charge in [-0.1, -0.05) is 36.9 Å². The SMILES string of the molecule is C=CC(=O)N(C)CC(=O)N1CCCC1CCc1ccccc1. The van der Waals surface area contributed by atoms with Gasteiger partial charge in [-0.05, 0) is 37.3 Å². The van der Waals surface area contributed by atoms with Crippen LogP contribution in [0.1, 0.15) is 24.8 Å². The van der Waals surface area contributed by atoms with E-state index in [1.807, 2.05) is 23.1 Å². The maximum atomic E-state index is 12.4. The van der Waals surface area contributed by atoms with Crippen LogP contribution in [0.5, 0.6) is 0 Å². The van der Waals surface area contributed by atoms with Gasteiger partial charge in [-0.25, -0.2) is 0 Å². The van der Waals surface area contributed by atoms with E-state index in [2.05, 4.69) is 18.7 Å². The average Bonchev–Trinajstić information content (AvgIpc) is 3.01. The Morgan fingerprint density at radius 1 is 1.36 bits per heavy atom. The van der Waals surface area contributed by atoms with Gasteiger partial charge in [0.1, 0.15) is 0 Å². The molecule has 0 spiro atoms. The molecule has 1 atom stereocenters. The zero-order valence-electron chi connectivity index (χ0n) is 13.2. The smallest absolute Gasteiger partial charge is 0.246 e. The lowest BCUT2D eigenvalue weighted by molar-refractivity contribution is -0.137. The lowest BCUT2D eigenvalue weighted by Gasteiger charge is -2.27. The molecule has 0 N–H and O–H groups in total. The minimum Gasteiger partial charge on any atom is -0.338 e. The first-order chi connectivity index (χ1) is 10.6. The molecule has 22 heavy (non-hydrogen) atoms. The van der Waals surface area contributed by atoms with Gasteiger partial charge in [-0.15, -0.1) is 0 Å². The van der Waals surface area contributed by atoms with Crippen molar-refractivity contribution in [3.63, 3.8) is 0 Å². The zero-order valence-corrected chi connectivity index (χ0v) is 13.2. The molecule has 0 bridgehead atoms. The molecule has 1 aliphatic heterocycles. The molecule has 0 saturated carbocycles. The fourth-order valence-corrected chi connectivity index (χ4v) is 2.97. The highest BCUT2D eigenvalue weighted by molar-refractivity contribution is 5.90. The summed E-state index contributed by atoms with van der Waals surface area (Å²) in [4.78, 5) is 27.2. The van der Waals surface area contributed by atoms with E-state index in [-0.39, 0.29) is 18.4 Å². The van der Waals surface area contributed by atoms with Gasteiger partial charge in [0.25, 0.3) is 0 Å². The van der Waals surface area contributed by atoms with Crippen molar-refractivity contribution < 1.29 is 9.59 Å². The van der Waals surface area contributed by atoms with Gasteiger partial charge in [-0.2, -0.15) is 0 Å². The van der Waals surface area contributed by atoms with Crippen LogP contribution >= 0.6 is 0 Å². The molecular formula is C18H24N2O2. The minimum absolute atomic E-state index is 0.0354. The predicted molar refractivity (Wildman–Crippen MR) is 87.3 cm³/mol. The Morgan fingerprint density at radius 3 is 2.77 bits per heavy atom. The van der Waals surface area contributed by atoms with E-state index in [9.17, 15) is 9.59 Å². The van der Waals surface area contributed by atoms with Crippen molar-refractivity contribution >= 4 is 11.8 Å². The summed E-state index contributed by atoms with van der Waals surface area (Å²) >= 11 is 0. The van der Waals surface area contributed by atoms with Crippen LogP contribution in [0.3, 0.4) is 0 Å². The second-order valence-electron chi connectivity index (χ2n) is 5.81. The molecule has 118 valence electrons. The number of carbonyl (C=O) groups is 2. The van der Waals surface area contributed by atoms with E-state index in [4.69, 9.17) is 0 Å². The van der Waals surface area contributed by atoms with Crippen molar-refractivity contribution in [3.8, 4) is 0 Å². The number of amides is 2. The number of likely N-dealkylation sites (tertiary alicyclic amines) is 1. The van der Waals surface area contributed by atoms with E-state index in [1.54, 1.807) is 7.05 Å². The highest BCUT2D eigenvalue weighted by Crippen LogP contribution is 2.22. The molecule has 1 heterocycles. The molecule has 1 aromatic carbocycles. The van der Waals surface area contributed by atoms with Gasteiger partial charge < -0.3 is 9.80 Å². The highest BCUT2D eigenvalue weighted by Gasteiger charge is 2.29. The van der Waals surface area contributed by atoms with Crippen molar-refractivity contribution in [1.29, 1.82) is 0 Å². The van der Waals surface area contributed by atoms with E-state index in [1.165, 1.54) is 16.5 Å². The monoisotopic (exact) mass is 300 g/mol. The molecule has 1 unspecified atom stereocenters. The number of nitrogens with zero attached hydrogens (tertiary/aromatic N) is 2. The maximum absolute atomic E-state index is 12.4. The third-order valence-corrected chi connectivity index (χ3v) is 4.23. The molecular weight excluding hydrogens is 276 g/mol. The molecule has 0 radical (unpaired) electrons. The van der Waals surface area contributed by atoms with Crippen molar-refractivity contribution in [2.45, 2.75) is 31.7 Å². The first-order valence-electron chi connectivity index (χ1n) is 7.82. The van der Waals surface area contributed by atoms with E-state index < -0.39 is 0 Å². The van der Waals surface area contributed by atoms with Gasteiger partial charge in [0, 0.05) is 19.6 Å². The van der Waals surface area contributed by atoms with Crippen molar-refractivity contribution in [2.24, 2.45) is 0 Å². The lowest BCUT2D eigenvalue weighted by Crippen LogP contribution is -2.43. The summed E-state index contributed by atoms with van der Waals surface area (Å²) in [6.07, 6.45) is 5.30. The normalized spacial score (nSPS) is 17.3. The fraction of sp³-hybridized carbons (Fsp3) is 0.444. The Morgan fingerprint density at radius 2 is 2.09 bits per heavy atom. The Labute approximate surface area is 132 Å². The third kappa shape index (κ3) is 4.20. The van der Waals surface area contributed by atoms with Crippen LogP contribution in [0.25, 0.3) is 0 Å². The number of benzene rings is 1. The van der Waals surface area contributed by atoms with E-state index >= 15 is 0 Å².